The number of esters is 1. The van der Waals surface area contributed by atoms with Crippen molar-refractivity contribution in [2.45, 2.75) is 107 Å². The first-order valence-electron chi connectivity index (χ1n) is 17.9. The lowest BCUT2D eigenvalue weighted by Gasteiger charge is -2.26. The van der Waals surface area contributed by atoms with Crippen LogP contribution in [0.1, 0.15) is 60.4 Å². The summed E-state index contributed by atoms with van der Waals surface area (Å²) < 4.78 is 65.2. The highest BCUT2D eigenvalue weighted by Gasteiger charge is 2.50. The van der Waals surface area contributed by atoms with Crippen LogP contribution in [0.2, 0.25) is 0 Å². The third-order valence-corrected chi connectivity index (χ3v) is 13.0. The van der Waals surface area contributed by atoms with Crippen LogP contribution in [0.15, 0.2) is 29.7 Å². The predicted molar refractivity (Wildman–Crippen MR) is 213 cm³/mol. The molecule has 2 fully saturated rings. The van der Waals surface area contributed by atoms with Crippen molar-refractivity contribution in [2.75, 3.05) is 30.4 Å². The number of hydrogen-bond donors (Lipinski definition) is 7. The molecule has 9 N–H and O–H groups in total. The van der Waals surface area contributed by atoms with Crippen LogP contribution in [-0.4, -0.2) is 127 Å². The second-order valence-electron chi connectivity index (χ2n) is 15.3. The van der Waals surface area contributed by atoms with Crippen molar-refractivity contribution in [3.63, 3.8) is 0 Å². The number of anilines is 2. The van der Waals surface area contributed by atoms with E-state index in [0.717, 1.165) is 10.9 Å². The molecule has 0 bridgehead atoms. The summed E-state index contributed by atoms with van der Waals surface area (Å²) in [5.41, 5.74) is 10.0. The number of amides is 1. The summed E-state index contributed by atoms with van der Waals surface area (Å²) >= 11 is 0. The number of aromatic nitrogens is 6. The standard InChI is InChI=1S/C31H47N9O16P2S2/c1-30(2,3)55-29(44)37-15(12-59-60-31(4,5)6)27(42)54-23-18(53-26(22(23)41)40-14-36-21-24(33)34-13-35-25(21)40)11-51-58(48,49)56-16-9-20(39-8-7-19(32)38-28(39)43)52-17(16)10-50-57(45,46)47/h7-8,13-18,20,22-23,26,41H,9-12H2,1-6H3,(H,37,44)(H,48,49)(H2,32,38,43)(H2,33,34,35)(H2,45,46,47)/t15-,16-,17+,18?,20+,22?,23?,26?/m0/s1. The zero-order chi connectivity index (χ0) is 44.4. The molecular weight excluding hydrogens is 880 g/mol. The van der Waals surface area contributed by atoms with Gasteiger partial charge in [-0.1, -0.05) is 42.4 Å². The van der Waals surface area contributed by atoms with Gasteiger partial charge in [0.2, 0.25) is 0 Å². The molecule has 60 heavy (non-hydrogen) atoms. The van der Waals surface area contributed by atoms with E-state index in [2.05, 4.69) is 29.8 Å². The van der Waals surface area contributed by atoms with Crippen LogP contribution in [-0.2, 0) is 46.4 Å². The molecule has 5 rings (SSSR count). The smallest absolute Gasteiger partial charge is 0.455 e. The average Bonchev–Trinajstić information content (AvgIpc) is 3.80. The van der Waals surface area contributed by atoms with Crippen molar-refractivity contribution < 1.29 is 71.0 Å². The summed E-state index contributed by atoms with van der Waals surface area (Å²) in [5, 5.41) is 14.2. The van der Waals surface area contributed by atoms with Gasteiger partial charge < -0.3 is 55.5 Å². The fraction of sp³-hybridized carbons (Fsp3) is 0.645. The maximum Gasteiger partial charge on any atom is 0.472 e. The molecule has 0 radical (unpaired) electrons. The van der Waals surface area contributed by atoms with E-state index in [-0.39, 0.29) is 39.7 Å². The Bertz CT molecular complexity index is 2170. The third-order valence-electron chi connectivity index (χ3n) is 8.16. The first-order valence-corrected chi connectivity index (χ1v) is 23.3. The number of alkyl carbamates (subject to hydrolysis) is 1. The predicted octanol–water partition coefficient (Wildman–Crippen LogP) is 1.39. The Morgan fingerprint density at radius 3 is 2.38 bits per heavy atom. The number of aliphatic hydroxyl groups is 1. The molecule has 0 spiro atoms. The second-order valence-corrected chi connectivity index (χ2v) is 21.1. The number of nitrogen functional groups attached to an aromatic ring is 2. The molecule has 25 nitrogen and oxygen atoms in total. The zero-order valence-electron chi connectivity index (χ0n) is 33.0. The second kappa shape index (κ2) is 18.9. The molecule has 2 aliphatic heterocycles. The summed E-state index contributed by atoms with van der Waals surface area (Å²) in [6.07, 6.45) is -8.10. The summed E-state index contributed by atoms with van der Waals surface area (Å²) in [5.74, 6) is -1.13. The molecule has 0 aliphatic carbocycles. The molecular formula is C31H47N9O16P2S2. The summed E-state index contributed by atoms with van der Waals surface area (Å²) in [6, 6.07) is -0.0477. The van der Waals surface area contributed by atoms with Gasteiger partial charge in [0.1, 0.15) is 59.9 Å². The number of nitrogens with two attached hydrogens (primary N) is 2. The van der Waals surface area contributed by atoms with E-state index in [4.69, 9.17) is 39.5 Å². The summed E-state index contributed by atoms with van der Waals surface area (Å²) in [6.45, 7) is 9.02. The first kappa shape index (κ1) is 47.6. The lowest BCUT2D eigenvalue weighted by atomic mass is 10.1. The number of carbonyl (C=O) groups is 2. The Labute approximate surface area is 349 Å². The Morgan fingerprint density at radius 2 is 1.73 bits per heavy atom. The van der Waals surface area contributed by atoms with Crippen LogP contribution >= 0.6 is 37.2 Å². The lowest BCUT2D eigenvalue weighted by Crippen LogP contribution is -2.48. The molecule has 3 aromatic rings. The molecule has 0 aromatic carbocycles. The van der Waals surface area contributed by atoms with Gasteiger partial charge in [0.25, 0.3) is 0 Å². The van der Waals surface area contributed by atoms with Crippen LogP contribution in [0, 0.1) is 0 Å². The molecule has 9 atom stereocenters. The van der Waals surface area contributed by atoms with Gasteiger partial charge in [-0.05, 0) is 26.8 Å². The molecule has 2 saturated heterocycles. The Morgan fingerprint density at radius 1 is 1.03 bits per heavy atom. The fourth-order valence-corrected chi connectivity index (χ4v) is 9.47. The van der Waals surface area contributed by atoms with E-state index >= 15 is 0 Å². The number of imidazole rings is 1. The number of fused-ring (bicyclic) bond motifs is 1. The number of nitrogens with one attached hydrogen (secondary N) is 1. The van der Waals surface area contributed by atoms with Crippen molar-refractivity contribution in [3.05, 3.63) is 35.4 Å². The minimum absolute atomic E-state index is 0.00772. The molecule has 2 aliphatic rings. The number of phosphoric ester groups is 2. The zero-order valence-corrected chi connectivity index (χ0v) is 36.4. The van der Waals surface area contributed by atoms with Crippen LogP contribution in [0.25, 0.3) is 11.2 Å². The Balaban J connectivity index is 1.38. The maximum atomic E-state index is 13.9. The topological polar surface area (TPSA) is 356 Å². The van der Waals surface area contributed by atoms with Crippen LogP contribution in [0.5, 0.6) is 0 Å². The number of aliphatic hydroxyl groups excluding tert-OH is 1. The van der Waals surface area contributed by atoms with E-state index in [1.54, 1.807) is 20.8 Å². The lowest BCUT2D eigenvalue weighted by molar-refractivity contribution is -0.158. The Hall–Kier alpha value is -3.43. The minimum Gasteiger partial charge on any atom is -0.455 e. The van der Waals surface area contributed by atoms with Crippen molar-refractivity contribution in [3.8, 4) is 0 Å². The van der Waals surface area contributed by atoms with E-state index in [9.17, 15) is 43.3 Å². The number of phosphoric acid groups is 2. The van der Waals surface area contributed by atoms with Crippen LogP contribution in [0.4, 0.5) is 16.4 Å². The molecule has 3 aromatic heterocycles. The van der Waals surface area contributed by atoms with Crippen molar-refractivity contribution in [1.82, 2.24) is 34.4 Å². The normalized spacial score (nSPS) is 25.2. The third kappa shape index (κ3) is 13.0. The highest BCUT2D eigenvalue weighted by molar-refractivity contribution is 8.77. The average molecular weight is 928 g/mol. The van der Waals surface area contributed by atoms with E-state index in [0.29, 0.717) is 0 Å². The van der Waals surface area contributed by atoms with Gasteiger partial charge in [-0.15, -0.1) is 0 Å². The Kier molecular flexibility index (Phi) is 15.0. The van der Waals surface area contributed by atoms with E-state index < -0.39 is 101 Å². The van der Waals surface area contributed by atoms with Gasteiger partial charge in [-0.25, -0.2) is 38.5 Å². The number of ether oxygens (including phenoxy) is 4. The van der Waals surface area contributed by atoms with Gasteiger partial charge >= 0.3 is 33.4 Å². The molecule has 0 saturated carbocycles. The SMILES string of the molecule is CC(C)(C)OC(=O)N[C@@H](CSSC(C)(C)C)C(=O)OC1C(COP(=O)(O)O[C@H]2C[C@H](n3ccc(N)nc3=O)O[C@@H]2COP(=O)(O)O)OC(n2cnc3c(N)ncnc32)C1O. The highest BCUT2D eigenvalue weighted by Crippen LogP contribution is 2.50. The highest BCUT2D eigenvalue weighted by atomic mass is 33.1. The first-order chi connectivity index (χ1) is 27.8. The van der Waals surface area contributed by atoms with E-state index in [1.807, 2.05) is 20.8 Å². The number of carbonyl (C=O) groups excluding carboxylic acids is 2. The molecule has 1 amide bonds. The van der Waals surface area contributed by atoms with Gasteiger partial charge in [-0.2, -0.15) is 4.98 Å². The van der Waals surface area contributed by atoms with Gasteiger partial charge in [0.05, 0.1) is 19.5 Å². The molecule has 5 unspecified atom stereocenters. The summed E-state index contributed by atoms with van der Waals surface area (Å²) in [7, 11) is -7.60. The largest absolute Gasteiger partial charge is 0.472 e. The quantitative estimate of drug-likeness (QED) is 0.0606. The number of nitrogens with zero attached hydrogens (tertiary/aromatic N) is 6. The van der Waals surface area contributed by atoms with Crippen LogP contribution < -0.4 is 22.5 Å². The molecule has 334 valence electrons. The van der Waals surface area contributed by atoms with Gasteiger partial charge in [0.15, 0.2) is 23.8 Å². The molecule has 5 heterocycles. The summed E-state index contributed by atoms with van der Waals surface area (Å²) in [4.78, 5) is 84.6. The van der Waals surface area contributed by atoms with Gasteiger partial charge in [0, 0.05) is 23.1 Å². The fourth-order valence-electron chi connectivity index (χ4n) is 5.72. The van der Waals surface area contributed by atoms with Crippen molar-refractivity contribution >= 4 is 72.1 Å². The minimum atomic E-state index is -5.22. The van der Waals surface area contributed by atoms with Crippen molar-refractivity contribution in [1.29, 1.82) is 0 Å². The van der Waals surface area contributed by atoms with E-state index in [1.165, 1.54) is 44.7 Å². The number of hydrogen-bond acceptors (Lipinski definition) is 21. The monoisotopic (exact) mass is 927 g/mol. The maximum absolute atomic E-state index is 13.9. The van der Waals surface area contributed by atoms with Gasteiger partial charge in [-0.3, -0.25) is 22.7 Å². The molecule has 29 heteroatoms. The van der Waals surface area contributed by atoms with Crippen LogP contribution in [0.3, 0.4) is 0 Å². The number of rotatable bonds is 16. The van der Waals surface area contributed by atoms with Crippen molar-refractivity contribution in [2.24, 2.45) is 0 Å².